The number of fused-ring (bicyclic) bond motifs is 1. The van der Waals surface area contributed by atoms with Gasteiger partial charge in [0, 0.05) is 16.8 Å². The number of nitrogens with one attached hydrogen (secondary N) is 1. The normalized spacial score (nSPS) is 30.9. The van der Waals surface area contributed by atoms with Gasteiger partial charge in [-0.25, -0.2) is 4.98 Å². The third-order valence-corrected chi connectivity index (χ3v) is 6.66. The van der Waals surface area contributed by atoms with Gasteiger partial charge in [0.25, 0.3) is 0 Å². The van der Waals surface area contributed by atoms with Gasteiger partial charge in [-0.15, -0.1) is 11.3 Å². The van der Waals surface area contributed by atoms with Crippen LogP contribution in [-0.2, 0) is 12.8 Å². The summed E-state index contributed by atoms with van der Waals surface area (Å²) < 4.78 is 0. The van der Waals surface area contributed by atoms with E-state index in [4.69, 9.17) is 4.98 Å². The van der Waals surface area contributed by atoms with E-state index in [-0.39, 0.29) is 11.5 Å². The average Bonchev–Trinajstić information content (AvgIpc) is 2.92. The van der Waals surface area contributed by atoms with Crippen molar-refractivity contribution in [2.24, 2.45) is 5.41 Å². The number of aliphatic hydroxyl groups is 1. The molecule has 4 heteroatoms. The Labute approximate surface area is 132 Å². The van der Waals surface area contributed by atoms with E-state index in [1.54, 1.807) is 0 Å². The zero-order valence-electron chi connectivity index (χ0n) is 13.3. The van der Waals surface area contributed by atoms with Gasteiger partial charge in [0.2, 0.25) is 0 Å². The van der Waals surface area contributed by atoms with Crippen molar-refractivity contribution in [2.75, 3.05) is 6.54 Å². The van der Waals surface area contributed by atoms with Crippen molar-refractivity contribution in [1.82, 2.24) is 10.3 Å². The molecule has 3 unspecified atom stereocenters. The molecule has 1 heterocycles. The molecule has 0 saturated heterocycles. The van der Waals surface area contributed by atoms with Crippen LogP contribution in [0.1, 0.15) is 74.0 Å². The highest BCUT2D eigenvalue weighted by atomic mass is 32.1. The van der Waals surface area contributed by atoms with E-state index in [0.29, 0.717) is 6.04 Å². The third-order valence-electron chi connectivity index (χ3n) is 5.32. The van der Waals surface area contributed by atoms with Crippen LogP contribution >= 0.6 is 11.3 Å². The number of nitrogens with zero attached hydrogens (tertiary/aromatic N) is 1. The maximum absolute atomic E-state index is 10.3. The third kappa shape index (κ3) is 3.33. The molecule has 1 aromatic heterocycles. The first kappa shape index (κ1) is 15.4. The largest absolute Gasteiger partial charge is 0.393 e. The van der Waals surface area contributed by atoms with Crippen LogP contribution in [0, 0.1) is 5.41 Å². The molecule has 0 radical (unpaired) electrons. The number of hydrogen-bond donors (Lipinski definition) is 2. The summed E-state index contributed by atoms with van der Waals surface area (Å²) in [5.41, 5.74) is 1.38. The molecule has 2 N–H and O–H groups in total. The molecule has 3 rings (SSSR count). The van der Waals surface area contributed by atoms with Crippen molar-refractivity contribution in [3.8, 4) is 0 Å². The Kier molecular flexibility index (Phi) is 4.67. The van der Waals surface area contributed by atoms with Gasteiger partial charge in [0.1, 0.15) is 5.01 Å². The lowest BCUT2D eigenvalue weighted by molar-refractivity contribution is -0.0000177. The van der Waals surface area contributed by atoms with E-state index >= 15 is 0 Å². The van der Waals surface area contributed by atoms with Crippen LogP contribution in [0.15, 0.2) is 0 Å². The highest BCUT2D eigenvalue weighted by Gasteiger charge is 2.35. The summed E-state index contributed by atoms with van der Waals surface area (Å²) in [6.07, 6.45) is 9.34. The Bertz CT molecular complexity index is 464. The highest BCUT2D eigenvalue weighted by molar-refractivity contribution is 7.11. The van der Waals surface area contributed by atoms with Gasteiger partial charge in [0.05, 0.1) is 17.8 Å². The monoisotopic (exact) mass is 308 g/mol. The number of hydrogen-bond acceptors (Lipinski definition) is 4. The molecule has 3 atom stereocenters. The van der Waals surface area contributed by atoms with Crippen LogP contribution in [-0.4, -0.2) is 22.7 Å². The summed E-state index contributed by atoms with van der Waals surface area (Å²) in [5.74, 6) is 0. The van der Waals surface area contributed by atoms with Gasteiger partial charge < -0.3 is 10.4 Å². The fraction of sp³-hybridized carbons (Fsp3) is 0.824. The second kappa shape index (κ2) is 6.35. The van der Waals surface area contributed by atoms with E-state index in [1.165, 1.54) is 47.7 Å². The van der Waals surface area contributed by atoms with Crippen LogP contribution in [0.25, 0.3) is 0 Å². The number of aryl methyl sites for hydroxylation is 2. The van der Waals surface area contributed by atoms with E-state index in [2.05, 4.69) is 19.2 Å². The molecule has 0 amide bonds. The van der Waals surface area contributed by atoms with Crippen molar-refractivity contribution in [3.05, 3.63) is 15.6 Å². The zero-order valence-corrected chi connectivity index (χ0v) is 14.1. The molecule has 0 aliphatic heterocycles. The Morgan fingerprint density at radius 2 is 2.14 bits per heavy atom. The maximum atomic E-state index is 10.3. The molecule has 1 aromatic rings. The summed E-state index contributed by atoms with van der Waals surface area (Å²) in [4.78, 5) is 6.36. The number of thiazole rings is 1. The van der Waals surface area contributed by atoms with Crippen LogP contribution in [0.2, 0.25) is 0 Å². The van der Waals surface area contributed by atoms with Crippen molar-refractivity contribution >= 4 is 11.3 Å². The van der Waals surface area contributed by atoms with Gasteiger partial charge in [-0.3, -0.25) is 0 Å². The Balaban J connectivity index is 1.61. The van der Waals surface area contributed by atoms with E-state index in [1.807, 2.05) is 11.3 Å². The second-order valence-corrected chi connectivity index (χ2v) is 8.26. The molecule has 2 aliphatic carbocycles. The quantitative estimate of drug-likeness (QED) is 0.893. The second-order valence-electron chi connectivity index (χ2n) is 7.15. The smallest absolute Gasteiger partial charge is 0.110 e. The molecular formula is C17H28N2OS. The Morgan fingerprint density at radius 3 is 2.90 bits per heavy atom. The van der Waals surface area contributed by atoms with Crippen LogP contribution in [0.3, 0.4) is 0 Å². The lowest BCUT2D eigenvalue weighted by atomic mass is 9.73. The standard InChI is InChI=1S/C17H28N2OS/c1-12(16-19-13-7-3-4-8-14(13)21-16)18-11-17(2)10-6-5-9-15(17)20/h12,15,18,20H,3-11H2,1-2H3. The molecular weight excluding hydrogens is 280 g/mol. The van der Waals surface area contributed by atoms with Crippen molar-refractivity contribution < 1.29 is 5.11 Å². The average molecular weight is 308 g/mol. The van der Waals surface area contributed by atoms with Gasteiger partial charge >= 0.3 is 0 Å². The van der Waals surface area contributed by atoms with Crippen molar-refractivity contribution in [3.63, 3.8) is 0 Å². The first-order valence-electron chi connectivity index (χ1n) is 8.48. The number of rotatable bonds is 4. The fourth-order valence-electron chi connectivity index (χ4n) is 3.62. The van der Waals surface area contributed by atoms with Crippen molar-refractivity contribution in [1.29, 1.82) is 0 Å². The summed E-state index contributed by atoms with van der Waals surface area (Å²) >= 11 is 1.89. The molecule has 1 fully saturated rings. The lowest BCUT2D eigenvalue weighted by Gasteiger charge is -2.39. The minimum Gasteiger partial charge on any atom is -0.393 e. The van der Waals surface area contributed by atoms with Gasteiger partial charge in [-0.05, 0) is 45.4 Å². The van der Waals surface area contributed by atoms with E-state index in [0.717, 1.165) is 25.8 Å². The fourth-order valence-corrected chi connectivity index (χ4v) is 4.80. The molecule has 21 heavy (non-hydrogen) atoms. The van der Waals surface area contributed by atoms with Crippen LogP contribution in [0.5, 0.6) is 0 Å². The summed E-state index contributed by atoms with van der Waals surface area (Å²) in [7, 11) is 0. The molecule has 118 valence electrons. The predicted octanol–water partition coefficient (Wildman–Crippen LogP) is 3.61. The summed E-state index contributed by atoms with van der Waals surface area (Å²) in [6.45, 7) is 5.33. The molecule has 0 spiro atoms. The number of aromatic nitrogens is 1. The predicted molar refractivity (Wildman–Crippen MR) is 87.8 cm³/mol. The molecule has 3 nitrogen and oxygen atoms in total. The van der Waals surface area contributed by atoms with Gasteiger partial charge in [-0.2, -0.15) is 0 Å². The summed E-state index contributed by atoms with van der Waals surface area (Å²) in [6, 6.07) is 0.298. The minimum atomic E-state index is -0.157. The van der Waals surface area contributed by atoms with E-state index < -0.39 is 0 Å². The topological polar surface area (TPSA) is 45.1 Å². The van der Waals surface area contributed by atoms with Crippen LogP contribution in [0.4, 0.5) is 0 Å². The SMILES string of the molecule is CC(NCC1(C)CCCCC1O)c1nc2c(s1)CCCC2. The molecule has 0 aromatic carbocycles. The van der Waals surface area contributed by atoms with Gasteiger partial charge in [0.15, 0.2) is 0 Å². The maximum Gasteiger partial charge on any atom is 0.110 e. The van der Waals surface area contributed by atoms with E-state index in [9.17, 15) is 5.11 Å². The summed E-state index contributed by atoms with van der Waals surface area (Å²) in [5, 5.41) is 15.2. The zero-order chi connectivity index (χ0) is 14.9. The first-order valence-corrected chi connectivity index (χ1v) is 9.30. The Morgan fingerprint density at radius 1 is 1.33 bits per heavy atom. The van der Waals surface area contributed by atoms with Crippen molar-refractivity contribution in [2.45, 2.75) is 77.4 Å². The first-order chi connectivity index (χ1) is 10.1. The van der Waals surface area contributed by atoms with Crippen LogP contribution < -0.4 is 5.32 Å². The molecule has 1 saturated carbocycles. The lowest BCUT2D eigenvalue weighted by Crippen LogP contribution is -2.44. The highest BCUT2D eigenvalue weighted by Crippen LogP contribution is 2.36. The molecule has 2 aliphatic rings. The number of aliphatic hydroxyl groups excluding tert-OH is 1. The Hall–Kier alpha value is -0.450. The minimum absolute atomic E-state index is 0.0311. The molecule has 0 bridgehead atoms. The van der Waals surface area contributed by atoms with Gasteiger partial charge in [-0.1, -0.05) is 19.8 Å².